The Labute approximate surface area is 150 Å². The van der Waals surface area contributed by atoms with E-state index in [0.29, 0.717) is 6.42 Å². The van der Waals surface area contributed by atoms with Gasteiger partial charge < -0.3 is 10.2 Å². The van der Waals surface area contributed by atoms with Crippen LogP contribution in [0, 0.1) is 0 Å². The minimum Gasteiger partial charge on any atom is -0.333 e. The lowest BCUT2D eigenvalue weighted by molar-refractivity contribution is -0.134. The van der Waals surface area contributed by atoms with Gasteiger partial charge in [-0.05, 0) is 35.1 Å². The minimum atomic E-state index is 0.119. The second kappa shape index (κ2) is 8.26. The number of aromatic nitrogens is 1. The number of carbonyl (C=O) groups is 1. The molecule has 1 aliphatic heterocycles. The van der Waals surface area contributed by atoms with Crippen LogP contribution in [0.25, 0.3) is 0 Å². The summed E-state index contributed by atoms with van der Waals surface area (Å²) in [5, 5.41) is 3.43. The monoisotopic (exact) mass is 337 g/mol. The van der Waals surface area contributed by atoms with Gasteiger partial charge in [-0.15, -0.1) is 0 Å². The van der Waals surface area contributed by atoms with Crippen LogP contribution in [0.5, 0.6) is 0 Å². The summed E-state index contributed by atoms with van der Waals surface area (Å²) in [5.74, 6) is 0.404. The highest BCUT2D eigenvalue weighted by Gasteiger charge is 2.28. The SMILES string of the molecule is CCc1ccc(C2CNCCN2C(=O)CC(C)c2cccnc2)cc1. The van der Waals surface area contributed by atoms with Gasteiger partial charge in [-0.1, -0.05) is 44.2 Å². The van der Waals surface area contributed by atoms with Gasteiger partial charge in [0.15, 0.2) is 0 Å². The quantitative estimate of drug-likeness (QED) is 0.910. The van der Waals surface area contributed by atoms with Gasteiger partial charge in [0, 0.05) is 38.4 Å². The molecular formula is C21H27N3O. The molecule has 2 heterocycles. The molecule has 4 nitrogen and oxygen atoms in total. The van der Waals surface area contributed by atoms with Crippen molar-refractivity contribution < 1.29 is 4.79 Å². The first kappa shape index (κ1) is 17.6. The highest BCUT2D eigenvalue weighted by Crippen LogP contribution is 2.26. The standard InChI is InChI=1S/C21H27N3O/c1-3-17-6-8-18(9-7-17)20-15-23-11-12-24(20)21(25)13-16(2)19-5-4-10-22-14-19/h4-10,14,16,20,23H,3,11-13,15H2,1-2H3. The summed E-state index contributed by atoms with van der Waals surface area (Å²) >= 11 is 0. The first-order valence-electron chi connectivity index (χ1n) is 9.18. The van der Waals surface area contributed by atoms with E-state index in [0.717, 1.165) is 31.6 Å². The van der Waals surface area contributed by atoms with Gasteiger partial charge >= 0.3 is 0 Å². The van der Waals surface area contributed by atoms with Gasteiger partial charge in [0.2, 0.25) is 5.91 Å². The molecule has 0 radical (unpaired) electrons. The van der Waals surface area contributed by atoms with E-state index in [9.17, 15) is 4.79 Å². The van der Waals surface area contributed by atoms with Crippen LogP contribution in [0.15, 0.2) is 48.8 Å². The van der Waals surface area contributed by atoms with Crippen LogP contribution in [-0.2, 0) is 11.2 Å². The normalized spacial score (nSPS) is 18.8. The summed E-state index contributed by atoms with van der Waals surface area (Å²) in [5.41, 5.74) is 3.66. The predicted molar refractivity (Wildman–Crippen MR) is 100 cm³/mol. The number of nitrogens with one attached hydrogen (secondary N) is 1. The Morgan fingerprint density at radius 3 is 2.80 bits per heavy atom. The molecule has 2 atom stereocenters. The van der Waals surface area contributed by atoms with E-state index in [-0.39, 0.29) is 17.9 Å². The van der Waals surface area contributed by atoms with Crippen LogP contribution in [0.2, 0.25) is 0 Å². The smallest absolute Gasteiger partial charge is 0.223 e. The molecule has 132 valence electrons. The molecule has 3 rings (SSSR count). The summed E-state index contributed by atoms with van der Waals surface area (Å²) in [6.07, 6.45) is 5.19. The Morgan fingerprint density at radius 2 is 2.12 bits per heavy atom. The number of carbonyl (C=O) groups excluding carboxylic acids is 1. The van der Waals surface area contributed by atoms with Crippen molar-refractivity contribution in [1.29, 1.82) is 0 Å². The van der Waals surface area contributed by atoms with Crippen molar-refractivity contribution in [2.24, 2.45) is 0 Å². The summed E-state index contributed by atoms with van der Waals surface area (Å²) in [6, 6.07) is 12.8. The van der Waals surface area contributed by atoms with E-state index in [1.165, 1.54) is 11.1 Å². The maximum absolute atomic E-state index is 13.0. The molecule has 0 aliphatic carbocycles. The van der Waals surface area contributed by atoms with Crippen molar-refractivity contribution in [3.8, 4) is 0 Å². The van der Waals surface area contributed by atoms with Crippen LogP contribution in [0.3, 0.4) is 0 Å². The van der Waals surface area contributed by atoms with Gasteiger partial charge in [-0.3, -0.25) is 9.78 Å². The summed E-state index contributed by atoms with van der Waals surface area (Å²) < 4.78 is 0. The van der Waals surface area contributed by atoms with E-state index in [1.54, 1.807) is 6.20 Å². The highest BCUT2D eigenvalue weighted by molar-refractivity contribution is 5.77. The molecule has 0 saturated carbocycles. The molecule has 4 heteroatoms. The lowest BCUT2D eigenvalue weighted by Gasteiger charge is -2.37. The average molecular weight is 337 g/mol. The second-order valence-corrected chi connectivity index (χ2v) is 6.79. The third kappa shape index (κ3) is 4.26. The zero-order valence-electron chi connectivity index (χ0n) is 15.1. The topological polar surface area (TPSA) is 45.2 Å². The summed E-state index contributed by atoms with van der Waals surface area (Å²) in [7, 11) is 0. The van der Waals surface area contributed by atoms with Gasteiger partial charge in [-0.25, -0.2) is 0 Å². The molecule has 1 aliphatic rings. The maximum atomic E-state index is 13.0. The molecule has 0 bridgehead atoms. The fourth-order valence-electron chi connectivity index (χ4n) is 3.44. The minimum absolute atomic E-state index is 0.119. The summed E-state index contributed by atoms with van der Waals surface area (Å²) in [6.45, 7) is 6.70. The van der Waals surface area contributed by atoms with Crippen molar-refractivity contribution in [1.82, 2.24) is 15.2 Å². The third-order valence-electron chi connectivity index (χ3n) is 5.07. The van der Waals surface area contributed by atoms with Gasteiger partial charge in [0.25, 0.3) is 0 Å². The third-order valence-corrected chi connectivity index (χ3v) is 5.07. The van der Waals surface area contributed by atoms with Gasteiger partial charge in [0.05, 0.1) is 6.04 Å². The molecule has 1 N–H and O–H groups in total. The number of aryl methyl sites for hydroxylation is 1. The number of hydrogen-bond acceptors (Lipinski definition) is 3. The average Bonchev–Trinajstić information content (AvgIpc) is 2.68. The Hall–Kier alpha value is -2.20. The molecule has 2 aromatic rings. The molecule has 25 heavy (non-hydrogen) atoms. The lowest BCUT2D eigenvalue weighted by Crippen LogP contribution is -2.48. The van der Waals surface area contributed by atoms with Crippen LogP contribution in [0.4, 0.5) is 0 Å². The van der Waals surface area contributed by atoms with E-state index in [2.05, 4.69) is 48.4 Å². The molecule has 0 spiro atoms. The van der Waals surface area contributed by atoms with Gasteiger partial charge in [-0.2, -0.15) is 0 Å². The van der Waals surface area contributed by atoms with Gasteiger partial charge in [0.1, 0.15) is 0 Å². The Bertz CT molecular complexity index is 684. The van der Waals surface area contributed by atoms with Crippen LogP contribution >= 0.6 is 0 Å². The molecule has 1 amide bonds. The van der Waals surface area contributed by atoms with Crippen LogP contribution in [0.1, 0.15) is 48.9 Å². The first-order valence-corrected chi connectivity index (χ1v) is 9.18. The molecule has 1 fully saturated rings. The predicted octanol–water partition coefficient (Wildman–Crippen LogP) is 3.31. The number of hydrogen-bond donors (Lipinski definition) is 1. The van der Waals surface area contributed by atoms with Crippen molar-refractivity contribution in [2.75, 3.05) is 19.6 Å². The zero-order chi connectivity index (χ0) is 17.6. The fourth-order valence-corrected chi connectivity index (χ4v) is 3.44. The number of rotatable bonds is 5. The zero-order valence-corrected chi connectivity index (χ0v) is 15.1. The number of nitrogens with zero attached hydrogens (tertiary/aromatic N) is 2. The van der Waals surface area contributed by atoms with Crippen molar-refractivity contribution in [3.05, 3.63) is 65.5 Å². The molecule has 2 unspecified atom stereocenters. The van der Waals surface area contributed by atoms with Crippen molar-refractivity contribution in [2.45, 2.75) is 38.6 Å². The highest BCUT2D eigenvalue weighted by atomic mass is 16.2. The number of amides is 1. The Kier molecular flexibility index (Phi) is 5.82. The fraction of sp³-hybridized carbons (Fsp3) is 0.429. The van der Waals surface area contributed by atoms with E-state index < -0.39 is 0 Å². The second-order valence-electron chi connectivity index (χ2n) is 6.79. The number of piperazine rings is 1. The molecule has 1 aromatic heterocycles. The van der Waals surface area contributed by atoms with Crippen LogP contribution in [-0.4, -0.2) is 35.4 Å². The molecule has 1 saturated heterocycles. The number of benzene rings is 1. The Balaban J connectivity index is 1.72. The largest absolute Gasteiger partial charge is 0.333 e. The molecule has 1 aromatic carbocycles. The maximum Gasteiger partial charge on any atom is 0.223 e. The van der Waals surface area contributed by atoms with Crippen molar-refractivity contribution in [3.63, 3.8) is 0 Å². The first-order chi connectivity index (χ1) is 12.2. The lowest BCUT2D eigenvalue weighted by atomic mass is 9.96. The van der Waals surface area contributed by atoms with E-state index in [4.69, 9.17) is 0 Å². The summed E-state index contributed by atoms with van der Waals surface area (Å²) in [4.78, 5) is 19.2. The number of pyridine rings is 1. The van der Waals surface area contributed by atoms with E-state index >= 15 is 0 Å². The van der Waals surface area contributed by atoms with Crippen LogP contribution < -0.4 is 5.32 Å². The Morgan fingerprint density at radius 1 is 1.32 bits per heavy atom. The molecular weight excluding hydrogens is 310 g/mol. The van der Waals surface area contributed by atoms with Crippen molar-refractivity contribution >= 4 is 5.91 Å². The van der Waals surface area contributed by atoms with E-state index in [1.807, 2.05) is 23.2 Å².